The smallest absolute Gasteiger partial charge is 0.236 e. The van der Waals surface area contributed by atoms with E-state index >= 15 is 0 Å². The van der Waals surface area contributed by atoms with Crippen molar-refractivity contribution in [1.82, 2.24) is 4.90 Å². The molecule has 0 aliphatic carbocycles. The summed E-state index contributed by atoms with van der Waals surface area (Å²) in [5, 5.41) is 1.84. The summed E-state index contributed by atoms with van der Waals surface area (Å²) in [5.41, 5.74) is 4.95. The van der Waals surface area contributed by atoms with Crippen molar-refractivity contribution in [2.75, 3.05) is 12.3 Å². The van der Waals surface area contributed by atoms with Gasteiger partial charge in [-0.1, -0.05) is 0 Å². The molecule has 0 aromatic heterocycles. The summed E-state index contributed by atoms with van der Waals surface area (Å²) >= 11 is 1.45. The molecule has 2 amide bonds. The summed E-state index contributed by atoms with van der Waals surface area (Å²) in [5.74, 6) is 0.105. The third kappa shape index (κ3) is 2.58. The van der Waals surface area contributed by atoms with E-state index in [1.54, 1.807) is 6.20 Å². The zero-order valence-electron chi connectivity index (χ0n) is 6.53. The number of nitrogens with two attached hydrogens (primary N) is 1. The van der Waals surface area contributed by atoms with E-state index in [0.717, 1.165) is 0 Å². The van der Waals surface area contributed by atoms with Crippen molar-refractivity contribution in [2.45, 2.75) is 6.42 Å². The molecule has 1 aliphatic heterocycles. The lowest BCUT2D eigenvalue weighted by atomic mass is 10.4. The fourth-order valence-electron chi connectivity index (χ4n) is 0.832. The van der Waals surface area contributed by atoms with Crippen LogP contribution in [-0.4, -0.2) is 29.0 Å². The van der Waals surface area contributed by atoms with Crippen LogP contribution in [0.4, 0.5) is 0 Å². The number of amides is 2. The Morgan fingerprint density at radius 1 is 1.75 bits per heavy atom. The first-order valence-electron chi connectivity index (χ1n) is 3.56. The molecular weight excluding hydrogens is 176 g/mol. The van der Waals surface area contributed by atoms with Crippen molar-refractivity contribution < 1.29 is 9.59 Å². The van der Waals surface area contributed by atoms with Gasteiger partial charge in [-0.25, -0.2) is 0 Å². The van der Waals surface area contributed by atoms with Gasteiger partial charge in [0, 0.05) is 19.2 Å². The SMILES string of the molecule is NC(=O)CCN1C=CSCC1=O. The van der Waals surface area contributed by atoms with Crippen LogP contribution in [0.3, 0.4) is 0 Å². The highest BCUT2D eigenvalue weighted by Gasteiger charge is 2.13. The minimum absolute atomic E-state index is 0.0313. The molecule has 0 saturated heterocycles. The lowest BCUT2D eigenvalue weighted by Crippen LogP contribution is -2.32. The summed E-state index contributed by atoms with van der Waals surface area (Å²) in [4.78, 5) is 23.0. The van der Waals surface area contributed by atoms with Gasteiger partial charge in [0.1, 0.15) is 0 Å². The van der Waals surface area contributed by atoms with Crippen LogP contribution in [-0.2, 0) is 9.59 Å². The van der Waals surface area contributed by atoms with Gasteiger partial charge in [0.05, 0.1) is 5.75 Å². The molecule has 1 heterocycles. The topological polar surface area (TPSA) is 63.4 Å². The summed E-state index contributed by atoms with van der Waals surface area (Å²) in [6, 6.07) is 0. The highest BCUT2D eigenvalue weighted by molar-refractivity contribution is 8.02. The van der Waals surface area contributed by atoms with E-state index in [2.05, 4.69) is 0 Å². The van der Waals surface area contributed by atoms with E-state index in [-0.39, 0.29) is 18.2 Å². The van der Waals surface area contributed by atoms with Crippen LogP contribution in [0.15, 0.2) is 11.6 Å². The third-order valence-electron chi connectivity index (χ3n) is 1.46. The predicted octanol–water partition coefficient (Wildman–Crippen LogP) is -0.0916. The highest BCUT2D eigenvalue weighted by atomic mass is 32.2. The Morgan fingerprint density at radius 2 is 2.50 bits per heavy atom. The Labute approximate surface area is 74.8 Å². The van der Waals surface area contributed by atoms with Crippen LogP contribution in [0.2, 0.25) is 0 Å². The van der Waals surface area contributed by atoms with Crippen molar-refractivity contribution >= 4 is 23.6 Å². The molecule has 1 aliphatic rings. The molecule has 66 valence electrons. The summed E-state index contributed by atoms with van der Waals surface area (Å²) < 4.78 is 0. The van der Waals surface area contributed by atoms with Crippen molar-refractivity contribution in [3.05, 3.63) is 11.6 Å². The van der Waals surface area contributed by atoms with E-state index in [1.807, 2.05) is 5.41 Å². The van der Waals surface area contributed by atoms with Gasteiger partial charge in [-0.15, -0.1) is 11.8 Å². The van der Waals surface area contributed by atoms with Gasteiger partial charge in [-0.2, -0.15) is 0 Å². The second-order valence-electron chi connectivity index (χ2n) is 2.40. The van der Waals surface area contributed by atoms with Crippen LogP contribution >= 0.6 is 11.8 Å². The first-order valence-corrected chi connectivity index (χ1v) is 4.61. The van der Waals surface area contributed by atoms with Crippen LogP contribution in [0.1, 0.15) is 6.42 Å². The summed E-state index contributed by atoms with van der Waals surface area (Å²) in [6.45, 7) is 0.394. The van der Waals surface area contributed by atoms with E-state index in [4.69, 9.17) is 5.73 Å². The Balaban J connectivity index is 2.39. The monoisotopic (exact) mass is 186 g/mol. The normalized spacial score (nSPS) is 16.7. The summed E-state index contributed by atoms with van der Waals surface area (Å²) in [7, 11) is 0. The molecule has 0 unspecified atom stereocenters. The average molecular weight is 186 g/mol. The molecule has 2 N–H and O–H groups in total. The van der Waals surface area contributed by atoms with Crippen LogP contribution in [0.25, 0.3) is 0 Å². The van der Waals surface area contributed by atoms with Gasteiger partial charge in [0.25, 0.3) is 0 Å². The number of carbonyl (C=O) groups excluding carboxylic acids is 2. The number of rotatable bonds is 3. The van der Waals surface area contributed by atoms with Gasteiger partial charge in [0.2, 0.25) is 11.8 Å². The van der Waals surface area contributed by atoms with Crippen molar-refractivity contribution in [3.8, 4) is 0 Å². The molecule has 5 heteroatoms. The minimum Gasteiger partial charge on any atom is -0.370 e. The molecule has 0 aromatic carbocycles. The van der Waals surface area contributed by atoms with Gasteiger partial charge in [0.15, 0.2) is 0 Å². The molecule has 0 spiro atoms. The number of thioether (sulfide) groups is 1. The Bertz CT molecular complexity index is 227. The Morgan fingerprint density at radius 3 is 3.08 bits per heavy atom. The Hall–Kier alpha value is -0.970. The first kappa shape index (κ1) is 9.12. The van der Waals surface area contributed by atoms with E-state index in [0.29, 0.717) is 12.3 Å². The van der Waals surface area contributed by atoms with Gasteiger partial charge >= 0.3 is 0 Å². The lowest BCUT2D eigenvalue weighted by molar-refractivity contribution is -0.126. The number of nitrogens with zero attached hydrogens (tertiary/aromatic N) is 1. The number of carbonyl (C=O) groups is 2. The zero-order valence-corrected chi connectivity index (χ0v) is 7.34. The molecule has 0 fully saturated rings. The zero-order chi connectivity index (χ0) is 8.97. The maximum absolute atomic E-state index is 11.1. The third-order valence-corrected chi connectivity index (χ3v) is 2.19. The quantitative estimate of drug-likeness (QED) is 0.670. The maximum Gasteiger partial charge on any atom is 0.236 e. The second kappa shape index (κ2) is 4.15. The van der Waals surface area contributed by atoms with E-state index in [1.165, 1.54) is 16.7 Å². The van der Waals surface area contributed by atoms with Crippen LogP contribution < -0.4 is 5.73 Å². The van der Waals surface area contributed by atoms with Gasteiger partial charge in [-0.05, 0) is 5.41 Å². The fraction of sp³-hybridized carbons (Fsp3) is 0.429. The number of hydrogen-bond acceptors (Lipinski definition) is 3. The first-order chi connectivity index (χ1) is 5.70. The molecule has 1 rings (SSSR count). The standard InChI is InChI=1S/C7H10N2O2S/c8-6(10)1-2-9-3-4-12-5-7(9)11/h3-4H,1-2,5H2,(H2,8,10). The summed E-state index contributed by atoms with van der Waals surface area (Å²) in [6.07, 6.45) is 1.90. The van der Waals surface area contributed by atoms with Crippen molar-refractivity contribution in [1.29, 1.82) is 0 Å². The predicted molar refractivity (Wildman–Crippen MR) is 47.1 cm³/mol. The average Bonchev–Trinajstić information content (AvgIpc) is 2.03. The molecule has 0 atom stereocenters. The van der Waals surface area contributed by atoms with Gasteiger partial charge < -0.3 is 10.6 Å². The van der Waals surface area contributed by atoms with E-state index in [9.17, 15) is 9.59 Å². The molecule has 0 radical (unpaired) electrons. The lowest BCUT2D eigenvalue weighted by Gasteiger charge is -2.19. The molecule has 0 saturated carbocycles. The van der Waals surface area contributed by atoms with Crippen LogP contribution in [0.5, 0.6) is 0 Å². The van der Waals surface area contributed by atoms with E-state index < -0.39 is 0 Å². The Kier molecular flexibility index (Phi) is 3.16. The van der Waals surface area contributed by atoms with Crippen molar-refractivity contribution in [2.24, 2.45) is 5.73 Å². The fourth-order valence-corrected chi connectivity index (χ4v) is 1.47. The molecular formula is C7H10N2O2S. The number of hydrogen-bond donors (Lipinski definition) is 1. The molecule has 0 aromatic rings. The molecule has 0 bridgehead atoms. The molecule has 12 heavy (non-hydrogen) atoms. The number of primary amides is 1. The van der Waals surface area contributed by atoms with Crippen molar-refractivity contribution in [3.63, 3.8) is 0 Å². The highest BCUT2D eigenvalue weighted by Crippen LogP contribution is 2.12. The van der Waals surface area contributed by atoms with Crippen LogP contribution in [0, 0.1) is 0 Å². The van der Waals surface area contributed by atoms with Gasteiger partial charge in [-0.3, -0.25) is 9.59 Å². The maximum atomic E-state index is 11.1. The molecule has 4 nitrogen and oxygen atoms in total. The minimum atomic E-state index is -0.380. The second-order valence-corrected chi connectivity index (χ2v) is 3.29. The largest absolute Gasteiger partial charge is 0.370 e.